The third-order valence-corrected chi connectivity index (χ3v) is 6.60. The molecule has 2 aromatic heterocycles. The van der Waals surface area contributed by atoms with Crippen molar-refractivity contribution >= 4 is 17.3 Å². The van der Waals surface area contributed by atoms with Crippen molar-refractivity contribution in [2.75, 3.05) is 18.4 Å². The number of rotatable bonds is 3. The van der Waals surface area contributed by atoms with Gasteiger partial charge in [0, 0.05) is 36.8 Å². The van der Waals surface area contributed by atoms with Crippen LogP contribution in [0.2, 0.25) is 5.02 Å². The molecule has 1 N–H and O–H groups in total. The van der Waals surface area contributed by atoms with Crippen molar-refractivity contribution in [3.8, 4) is 5.82 Å². The lowest BCUT2D eigenvalue weighted by atomic mass is 9.82. The summed E-state index contributed by atoms with van der Waals surface area (Å²) in [7, 11) is 0. The molecule has 5 nitrogen and oxygen atoms in total. The molecule has 1 spiro atoms. The van der Waals surface area contributed by atoms with E-state index in [1.807, 2.05) is 38.2 Å². The van der Waals surface area contributed by atoms with Gasteiger partial charge in [0.2, 0.25) is 0 Å². The first-order valence-electron chi connectivity index (χ1n) is 11.3. The molecule has 1 saturated heterocycles. The number of likely N-dealkylation sites (tertiary alicyclic amines) is 1. The number of nitrogens with one attached hydrogen (secondary N) is 1. The molecule has 2 aliphatic heterocycles. The Morgan fingerprint density at radius 2 is 1.81 bits per heavy atom. The number of benzene rings is 1. The zero-order valence-electron chi connectivity index (χ0n) is 18.9. The number of imidazole rings is 1. The van der Waals surface area contributed by atoms with Crippen molar-refractivity contribution in [1.82, 2.24) is 19.4 Å². The van der Waals surface area contributed by atoms with Gasteiger partial charge in [-0.25, -0.2) is 9.97 Å². The third-order valence-electron chi connectivity index (χ3n) is 6.23. The Balaban J connectivity index is 0.00000112. The minimum Gasteiger partial charge on any atom is -0.371 e. The van der Waals surface area contributed by atoms with Crippen LogP contribution in [0.4, 0.5) is 5.69 Å². The maximum atomic E-state index is 6.38. The van der Waals surface area contributed by atoms with Crippen LogP contribution in [-0.4, -0.2) is 32.5 Å². The fourth-order valence-corrected chi connectivity index (χ4v) is 4.87. The highest BCUT2D eigenvalue weighted by molar-refractivity contribution is 6.31. The van der Waals surface area contributed by atoms with E-state index >= 15 is 0 Å². The number of hydrogen-bond acceptors (Lipinski definition) is 4. The van der Waals surface area contributed by atoms with E-state index in [2.05, 4.69) is 58.0 Å². The normalized spacial score (nSPS) is 16.8. The Hall–Kier alpha value is -2.37. The van der Waals surface area contributed by atoms with Crippen LogP contribution in [0.3, 0.4) is 0 Å². The van der Waals surface area contributed by atoms with Gasteiger partial charge in [0.25, 0.3) is 0 Å². The Bertz CT molecular complexity index is 1030. The zero-order valence-corrected chi connectivity index (χ0v) is 19.7. The standard InChI is InChI=1S/C23H26ClN5.C2H6/c1-16(2)21-26-14-20-23(27-19-8-5-11-25-22(19)29(20)21)9-12-28(13-10-23)15-17-6-3-4-7-18(17)24;1-2/h3-8,11,14,16,27H,9-10,12-13,15H2,1-2H3;1-2H3. The predicted octanol–water partition coefficient (Wildman–Crippen LogP) is 5.99. The van der Waals surface area contributed by atoms with Gasteiger partial charge in [0.1, 0.15) is 5.82 Å². The molecular weight excluding hydrogens is 406 g/mol. The molecule has 31 heavy (non-hydrogen) atoms. The maximum Gasteiger partial charge on any atom is 0.161 e. The number of fused-ring (bicyclic) bond motifs is 4. The van der Waals surface area contributed by atoms with Crippen molar-refractivity contribution in [2.45, 2.75) is 58.5 Å². The fourth-order valence-electron chi connectivity index (χ4n) is 4.67. The molecule has 0 radical (unpaired) electrons. The molecule has 6 heteroatoms. The lowest BCUT2D eigenvalue weighted by Gasteiger charge is -2.46. The molecule has 1 fully saturated rings. The van der Waals surface area contributed by atoms with E-state index in [0.717, 1.165) is 54.8 Å². The molecule has 5 rings (SSSR count). The number of aromatic nitrogens is 3. The van der Waals surface area contributed by atoms with Crippen LogP contribution < -0.4 is 5.32 Å². The number of piperidine rings is 1. The van der Waals surface area contributed by atoms with E-state index in [4.69, 9.17) is 16.6 Å². The van der Waals surface area contributed by atoms with Crippen LogP contribution in [0.15, 0.2) is 48.8 Å². The lowest BCUT2D eigenvalue weighted by Crippen LogP contribution is -2.49. The smallest absolute Gasteiger partial charge is 0.161 e. The van der Waals surface area contributed by atoms with Crippen LogP contribution in [0.1, 0.15) is 63.5 Å². The summed E-state index contributed by atoms with van der Waals surface area (Å²) in [4.78, 5) is 12.0. The average Bonchev–Trinajstić information content (AvgIpc) is 3.25. The summed E-state index contributed by atoms with van der Waals surface area (Å²) in [6.45, 7) is 11.3. The van der Waals surface area contributed by atoms with Crippen molar-refractivity contribution in [3.63, 3.8) is 0 Å². The third kappa shape index (κ3) is 3.97. The van der Waals surface area contributed by atoms with E-state index in [1.165, 1.54) is 11.3 Å². The molecule has 2 aliphatic rings. The quantitative estimate of drug-likeness (QED) is 0.546. The number of halogens is 1. The minimum absolute atomic E-state index is 0.104. The Morgan fingerprint density at radius 1 is 1.06 bits per heavy atom. The highest BCUT2D eigenvalue weighted by atomic mass is 35.5. The second kappa shape index (κ2) is 9.01. The number of hydrogen-bond donors (Lipinski definition) is 1. The molecule has 3 aromatic rings. The maximum absolute atomic E-state index is 6.38. The van der Waals surface area contributed by atoms with Gasteiger partial charge in [0.15, 0.2) is 5.82 Å². The summed E-state index contributed by atoms with van der Waals surface area (Å²) in [6, 6.07) is 12.3. The SMILES string of the molecule is CC.CC(C)c1ncc2n1-c1ncccc1NC21CCN(Cc2ccccc2Cl)CC1. The summed E-state index contributed by atoms with van der Waals surface area (Å²) in [5, 5.41) is 4.69. The van der Waals surface area contributed by atoms with Crippen LogP contribution in [0.5, 0.6) is 0 Å². The molecule has 0 atom stereocenters. The van der Waals surface area contributed by atoms with Gasteiger partial charge in [-0.1, -0.05) is 57.5 Å². The summed E-state index contributed by atoms with van der Waals surface area (Å²) in [6.07, 6.45) is 5.96. The average molecular weight is 438 g/mol. The van der Waals surface area contributed by atoms with Gasteiger partial charge in [0.05, 0.1) is 23.1 Å². The number of pyridine rings is 1. The van der Waals surface area contributed by atoms with E-state index in [9.17, 15) is 0 Å². The van der Waals surface area contributed by atoms with Crippen LogP contribution in [0, 0.1) is 0 Å². The second-order valence-electron chi connectivity index (χ2n) is 8.44. The monoisotopic (exact) mass is 437 g/mol. The first kappa shape index (κ1) is 21.8. The van der Waals surface area contributed by atoms with Crippen molar-refractivity contribution in [3.05, 3.63) is 70.9 Å². The Kier molecular flexibility index (Phi) is 6.35. The minimum atomic E-state index is -0.104. The molecule has 164 valence electrons. The molecule has 0 aliphatic carbocycles. The van der Waals surface area contributed by atoms with Crippen molar-refractivity contribution < 1.29 is 0 Å². The topological polar surface area (TPSA) is 46.0 Å². The van der Waals surface area contributed by atoms with Crippen LogP contribution >= 0.6 is 11.6 Å². The lowest BCUT2D eigenvalue weighted by molar-refractivity contribution is 0.161. The largest absolute Gasteiger partial charge is 0.371 e. The van der Waals surface area contributed by atoms with Crippen LogP contribution in [-0.2, 0) is 12.1 Å². The Labute approximate surface area is 190 Å². The van der Waals surface area contributed by atoms with E-state index < -0.39 is 0 Å². The summed E-state index contributed by atoms with van der Waals surface area (Å²) in [5.41, 5.74) is 3.43. The van der Waals surface area contributed by atoms with Crippen molar-refractivity contribution in [2.24, 2.45) is 0 Å². The highest BCUT2D eigenvalue weighted by Gasteiger charge is 2.43. The van der Waals surface area contributed by atoms with E-state index in [0.29, 0.717) is 5.92 Å². The van der Waals surface area contributed by atoms with Gasteiger partial charge >= 0.3 is 0 Å². The van der Waals surface area contributed by atoms with Gasteiger partial charge < -0.3 is 5.32 Å². The zero-order chi connectivity index (χ0) is 22.0. The van der Waals surface area contributed by atoms with Gasteiger partial charge in [-0.15, -0.1) is 0 Å². The fraction of sp³-hybridized carbons (Fsp3) is 0.440. The van der Waals surface area contributed by atoms with Crippen molar-refractivity contribution in [1.29, 1.82) is 0 Å². The molecule has 4 heterocycles. The van der Waals surface area contributed by atoms with E-state index in [-0.39, 0.29) is 5.54 Å². The first-order valence-corrected chi connectivity index (χ1v) is 11.7. The molecule has 0 amide bonds. The molecule has 0 bridgehead atoms. The molecule has 0 unspecified atom stereocenters. The van der Waals surface area contributed by atoms with E-state index in [1.54, 1.807) is 0 Å². The summed E-state index contributed by atoms with van der Waals surface area (Å²) >= 11 is 6.38. The van der Waals surface area contributed by atoms with Crippen LogP contribution in [0.25, 0.3) is 5.82 Å². The predicted molar refractivity (Wildman–Crippen MR) is 128 cm³/mol. The first-order chi connectivity index (χ1) is 15.1. The summed E-state index contributed by atoms with van der Waals surface area (Å²) in [5.74, 6) is 2.39. The Morgan fingerprint density at radius 3 is 2.52 bits per heavy atom. The number of anilines is 1. The van der Waals surface area contributed by atoms with Gasteiger partial charge in [-0.2, -0.15) is 0 Å². The summed E-state index contributed by atoms with van der Waals surface area (Å²) < 4.78 is 2.29. The van der Waals surface area contributed by atoms with Gasteiger partial charge in [-0.05, 0) is 36.6 Å². The van der Waals surface area contributed by atoms with Gasteiger partial charge in [-0.3, -0.25) is 9.47 Å². The molecular formula is C25H32ClN5. The molecule has 0 saturated carbocycles. The molecule has 1 aromatic carbocycles. The number of nitrogens with zero attached hydrogens (tertiary/aromatic N) is 4. The highest BCUT2D eigenvalue weighted by Crippen LogP contribution is 2.44. The second-order valence-corrected chi connectivity index (χ2v) is 8.85.